The minimum absolute atomic E-state index is 0.0438. The molecule has 0 saturated carbocycles. The number of carbonyl (C=O) groups excluding carboxylic acids is 2. The van der Waals surface area contributed by atoms with Gasteiger partial charge in [0.1, 0.15) is 11.8 Å². The van der Waals surface area contributed by atoms with E-state index in [1.807, 2.05) is 49.4 Å². The second-order valence-electron chi connectivity index (χ2n) is 8.25. The standard InChI is InChI=1S/C24H31ClN2O3/c1-6-26-23(29)17(2)27(15-18-9-7-8-10-21(18)25)22(28)16-30-20-13-11-19(12-14-20)24(3,4)5/h7-14,17H,6,15-16H2,1-5H3,(H,26,29). The molecular weight excluding hydrogens is 400 g/mol. The van der Waals surface area contributed by atoms with Gasteiger partial charge < -0.3 is 15.0 Å². The molecule has 0 fully saturated rings. The number of nitrogens with one attached hydrogen (secondary N) is 1. The van der Waals surface area contributed by atoms with Gasteiger partial charge in [-0.15, -0.1) is 0 Å². The molecule has 2 aromatic carbocycles. The normalized spacial score (nSPS) is 12.2. The summed E-state index contributed by atoms with van der Waals surface area (Å²) in [6.07, 6.45) is 0. The molecule has 6 heteroatoms. The van der Waals surface area contributed by atoms with Gasteiger partial charge in [-0.05, 0) is 48.6 Å². The zero-order chi connectivity index (χ0) is 22.3. The number of ether oxygens (including phenoxy) is 1. The molecule has 1 unspecified atom stereocenters. The SMILES string of the molecule is CCNC(=O)C(C)N(Cc1ccccc1Cl)C(=O)COc1ccc(C(C)(C)C)cc1. The maximum absolute atomic E-state index is 13.0. The van der Waals surface area contributed by atoms with Crippen LogP contribution in [0.3, 0.4) is 0 Å². The first kappa shape index (κ1) is 23.7. The van der Waals surface area contributed by atoms with Crippen molar-refractivity contribution in [3.63, 3.8) is 0 Å². The fraction of sp³-hybridized carbons (Fsp3) is 0.417. The van der Waals surface area contributed by atoms with Gasteiger partial charge in [-0.3, -0.25) is 9.59 Å². The van der Waals surface area contributed by atoms with Crippen molar-refractivity contribution in [3.8, 4) is 5.75 Å². The Kier molecular flexibility index (Phi) is 8.30. The summed E-state index contributed by atoms with van der Waals surface area (Å²) in [6.45, 7) is 10.5. The predicted octanol–water partition coefficient (Wildman–Crippen LogP) is 4.57. The molecule has 162 valence electrons. The number of likely N-dealkylation sites (N-methyl/N-ethyl adjacent to an activating group) is 1. The van der Waals surface area contributed by atoms with E-state index in [2.05, 4.69) is 26.1 Å². The first-order valence-corrected chi connectivity index (χ1v) is 10.5. The summed E-state index contributed by atoms with van der Waals surface area (Å²) in [5.74, 6) is 0.112. The van der Waals surface area contributed by atoms with E-state index < -0.39 is 6.04 Å². The van der Waals surface area contributed by atoms with Crippen LogP contribution < -0.4 is 10.1 Å². The highest BCUT2D eigenvalue weighted by Gasteiger charge is 2.26. The van der Waals surface area contributed by atoms with Gasteiger partial charge in [0.2, 0.25) is 5.91 Å². The van der Waals surface area contributed by atoms with Crippen LogP contribution in [0.4, 0.5) is 0 Å². The Labute approximate surface area is 184 Å². The third-order valence-corrected chi connectivity index (χ3v) is 5.27. The fourth-order valence-electron chi connectivity index (χ4n) is 2.99. The van der Waals surface area contributed by atoms with Gasteiger partial charge in [-0.25, -0.2) is 0 Å². The Morgan fingerprint density at radius 1 is 1.10 bits per heavy atom. The molecule has 0 aliphatic carbocycles. The Morgan fingerprint density at radius 3 is 2.30 bits per heavy atom. The van der Waals surface area contributed by atoms with Crippen LogP contribution in [0.2, 0.25) is 5.02 Å². The van der Waals surface area contributed by atoms with Crippen molar-refractivity contribution in [2.24, 2.45) is 0 Å². The maximum Gasteiger partial charge on any atom is 0.261 e. The van der Waals surface area contributed by atoms with Crippen molar-refractivity contribution >= 4 is 23.4 Å². The molecule has 1 atom stereocenters. The van der Waals surface area contributed by atoms with E-state index >= 15 is 0 Å². The van der Waals surface area contributed by atoms with Crippen LogP contribution in [0.15, 0.2) is 48.5 Å². The molecule has 0 aliphatic rings. The van der Waals surface area contributed by atoms with E-state index in [9.17, 15) is 9.59 Å². The minimum atomic E-state index is -0.652. The van der Waals surface area contributed by atoms with Crippen molar-refractivity contribution in [2.45, 2.75) is 52.6 Å². The van der Waals surface area contributed by atoms with Gasteiger partial charge in [0, 0.05) is 18.1 Å². The average molecular weight is 431 g/mol. The van der Waals surface area contributed by atoms with E-state index in [0.29, 0.717) is 17.3 Å². The number of benzene rings is 2. The monoisotopic (exact) mass is 430 g/mol. The van der Waals surface area contributed by atoms with Crippen LogP contribution >= 0.6 is 11.6 Å². The number of hydrogen-bond donors (Lipinski definition) is 1. The molecule has 0 bridgehead atoms. The summed E-state index contributed by atoms with van der Waals surface area (Å²) in [6, 6.07) is 14.4. The smallest absolute Gasteiger partial charge is 0.261 e. The highest BCUT2D eigenvalue weighted by Crippen LogP contribution is 2.24. The number of amides is 2. The van der Waals surface area contributed by atoms with Gasteiger partial charge in [-0.2, -0.15) is 0 Å². The van der Waals surface area contributed by atoms with E-state index in [1.165, 1.54) is 10.5 Å². The van der Waals surface area contributed by atoms with Crippen molar-refractivity contribution in [1.82, 2.24) is 10.2 Å². The first-order valence-electron chi connectivity index (χ1n) is 10.2. The lowest BCUT2D eigenvalue weighted by Crippen LogP contribution is -2.49. The summed E-state index contributed by atoms with van der Waals surface area (Å²) in [7, 11) is 0. The zero-order valence-electron chi connectivity index (χ0n) is 18.4. The van der Waals surface area contributed by atoms with E-state index in [4.69, 9.17) is 16.3 Å². The molecule has 0 aromatic heterocycles. The predicted molar refractivity (Wildman–Crippen MR) is 121 cm³/mol. The van der Waals surface area contributed by atoms with E-state index in [-0.39, 0.29) is 30.4 Å². The number of rotatable bonds is 8. The van der Waals surface area contributed by atoms with Crippen molar-refractivity contribution in [2.75, 3.05) is 13.2 Å². The maximum atomic E-state index is 13.0. The minimum Gasteiger partial charge on any atom is -0.484 e. The molecule has 0 aliphatic heterocycles. The van der Waals surface area contributed by atoms with Crippen LogP contribution in [0.5, 0.6) is 5.75 Å². The third kappa shape index (κ3) is 6.49. The molecule has 5 nitrogen and oxygen atoms in total. The van der Waals surface area contributed by atoms with Crippen LogP contribution in [-0.4, -0.2) is 35.9 Å². The summed E-state index contributed by atoms with van der Waals surface area (Å²) in [5, 5.41) is 3.32. The van der Waals surface area contributed by atoms with E-state index in [0.717, 1.165) is 5.56 Å². The van der Waals surface area contributed by atoms with Gasteiger partial charge in [-0.1, -0.05) is 62.7 Å². The topological polar surface area (TPSA) is 58.6 Å². The van der Waals surface area contributed by atoms with Gasteiger partial charge in [0.15, 0.2) is 6.61 Å². The second kappa shape index (κ2) is 10.5. The van der Waals surface area contributed by atoms with Crippen molar-refractivity contribution in [3.05, 3.63) is 64.7 Å². The number of halogens is 1. The molecule has 2 rings (SSSR count). The van der Waals surface area contributed by atoms with Gasteiger partial charge in [0.25, 0.3) is 5.91 Å². The second-order valence-corrected chi connectivity index (χ2v) is 8.65. The van der Waals surface area contributed by atoms with Crippen molar-refractivity contribution in [1.29, 1.82) is 0 Å². The molecule has 1 N–H and O–H groups in total. The molecule has 30 heavy (non-hydrogen) atoms. The lowest BCUT2D eigenvalue weighted by Gasteiger charge is -2.29. The summed E-state index contributed by atoms with van der Waals surface area (Å²) in [4.78, 5) is 26.9. The van der Waals surface area contributed by atoms with E-state index in [1.54, 1.807) is 13.0 Å². The quantitative estimate of drug-likeness (QED) is 0.667. The Balaban J connectivity index is 2.13. The van der Waals surface area contributed by atoms with Gasteiger partial charge >= 0.3 is 0 Å². The Hall–Kier alpha value is -2.53. The van der Waals surface area contributed by atoms with Crippen LogP contribution in [0.1, 0.15) is 45.7 Å². The fourth-order valence-corrected chi connectivity index (χ4v) is 3.19. The largest absolute Gasteiger partial charge is 0.484 e. The first-order chi connectivity index (χ1) is 14.1. The summed E-state index contributed by atoms with van der Waals surface area (Å²) in [5.41, 5.74) is 2.01. The van der Waals surface area contributed by atoms with Crippen molar-refractivity contribution < 1.29 is 14.3 Å². The Morgan fingerprint density at radius 2 is 1.73 bits per heavy atom. The Bertz CT molecular complexity index is 859. The third-order valence-electron chi connectivity index (χ3n) is 4.90. The highest BCUT2D eigenvalue weighted by molar-refractivity contribution is 6.31. The lowest BCUT2D eigenvalue weighted by atomic mass is 9.87. The highest BCUT2D eigenvalue weighted by atomic mass is 35.5. The molecule has 2 aromatic rings. The molecule has 2 amide bonds. The molecule has 0 radical (unpaired) electrons. The van der Waals surface area contributed by atoms with Crippen LogP contribution in [0.25, 0.3) is 0 Å². The molecule has 0 heterocycles. The average Bonchev–Trinajstić information content (AvgIpc) is 2.70. The van der Waals surface area contributed by atoms with Gasteiger partial charge in [0.05, 0.1) is 0 Å². The number of carbonyl (C=O) groups is 2. The molecule has 0 saturated heterocycles. The zero-order valence-corrected chi connectivity index (χ0v) is 19.1. The lowest BCUT2D eigenvalue weighted by molar-refractivity contribution is -0.142. The summed E-state index contributed by atoms with van der Waals surface area (Å²) < 4.78 is 5.72. The number of nitrogens with zero attached hydrogens (tertiary/aromatic N) is 1. The van der Waals surface area contributed by atoms with Crippen LogP contribution in [-0.2, 0) is 21.5 Å². The molecular formula is C24H31ClN2O3. The van der Waals surface area contributed by atoms with Crippen LogP contribution in [0, 0.1) is 0 Å². The molecule has 0 spiro atoms. The number of hydrogen-bond acceptors (Lipinski definition) is 3. The summed E-state index contributed by atoms with van der Waals surface area (Å²) >= 11 is 6.27.